The van der Waals surface area contributed by atoms with Crippen molar-refractivity contribution in [2.24, 2.45) is 5.92 Å². The van der Waals surface area contributed by atoms with Crippen LogP contribution in [0.1, 0.15) is 439 Å². The van der Waals surface area contributed by atoms with Crippen molar-refractivity contribution in [1.29, 1.82) is 0 Å². The lowest BCUT2D eigenvalue weighted by molar-refractivity contribution is -0.161. The summed E-state index contributed by atoms with van der Waals surface area (Å²) in [5.41, 5.74) is 0. The van der Waals surface area contributed by atoms with Gasteiger partial charge in [0.2, 0.25) is 0 Å². The van der Waals surface area contributed by atoms with E-state index in [0.717, 1.165) is 95.8 Å². The summed E-state index contributed by atoms with van der Waals surface area (Å²) in [5.74, 6) is -1.31. The zero-order valence-corrected chi connectivity index (χ0v) is 67.8. The highest BCUT2D eigenvalue weighted by Gasteiger charge is 2.30. The number of hydrogen-bond donors (Lipinski definition) is 3. The number of unbranched alkanes of at least 4 members (excludes halogenated alkanes) is 54. The van der Waals surface area contributed by atoms with Crippen molar-refractivity contribution in [3.05, 3.63) is 0 Å². The van der Waals surface area contributed by atoms with Crippen molar-refractivity contribution in [2.45, 2.75) is 457 Å². The molecule has 0 bridgehead atoms. The molecule has 0 saturated carbocycles. The van der Waals surface area contributed by atoms with Crippen LogP contribution < -0.4 is 0 Å². The molecule has 101 heavy (non-hydrogen) atoms. The third-order valence-electron chi connectivity index (χ3n) is 19.3. The number of ether oxygens (including phenoxy) is 4. The second-order valence-electron chi connectivity index (χ2n) is 30.0. The quantitative estimate of drug-likeness (QED) is 0.0222. The molecular weight excluding hydrogens is 1320 g/mol. The average Bonchev–Trinajstić information content (AvgIpc) is 0.947. The molecule has 0 aromatic heterocycles. The molecule has 0 aliphatic carbocycles. The zero-order valence-electron chi connectivity index (χ0n) is 66.1. The topological polar surface area (TPSA) is 237 Å². The summed E-state index contributed by atoms with van der Waals surface area (Å²) in [7, 11) is -9.92. The van der Waals surface area contributed by atoms with Gasteiger partial charge in [0.1, 0.15) is 19.3 Å². The van der Waals surface area contributed by atoms with E-state index in [1.54, 1.807) is 0 Å². The first kappa shape index (κ1) is 99.1. The fourth-order valence-electron chi connectivity index (χ4n) is 12.8. The molecule has 5 atom stereocenters. The van der Waals surface area contributed by atoms with Crippen LogP contribution in [0, 0.1) is 5.92 Å². The minimum atomic E-state index is -4.96. The standard InChI is InChI=1S/C82H160O17P2/c1-6-9-12-15-18-21-24-26-27-28-29-30-31-32-33-38-43-48-53-58-63-68-82(87)99-78(72-93-80(85)66-61-56-51-46-42-37-35-34-36-40-44-49-54-59-64-75(4)5)74-97-101(90,91)95-70-76(83)69-94-100(88,89)96-73-77(71-92-79(84)65-60-55-50-45-39-23-20-17-14-11-8-3)98-81(86)67-62-57-52-47-41-25-22-19-16-13-10-7-2/h75-78,83H,6-74H2,1-5H3,(H,88,89)(H,90,91)/t76-,77+,78+/m0/s1. The highest BCUT2D eigenvalue weighted by molar-refractivity contribution is 7.47. The van der Waals surface area contributed by atoms with E-state index in [1.165, 1.54) is 263 Å². The molecule has 0 spiro atoms. The van der Waals surface area contributed by atoms with Crippen LogP contribution >= 0.6 is 15.6 Å². The predicted molar refractivity (Wildman–Crippen MR) is 414 cm³/mol. The Morgan fingerprint density at radius 2 is 0.455 bits per heavy atom. The molecule has 3 N–H and O–H groups in total. The zero-order chi connectivity index (χ0) is 74.1. The van der Waals surface area contributed by atoms with Crippen molar-refractivity contribution >= 4 is 39.5 Å². The van der Waals surface area contributed by atoms with Gasteiger partial charge >= 0.3 is 39.5 Å². The highest BCUT2D eigenvalue weighted by Crippen LogP contribution is 2.45. The van der Waals surface area contributed by atoms with Crippen molar-refractivity contribution in [1.82, 2.24) is 0 Å². The Hall–Kier alpha value is -1.94. The van der Waals surface area contributed by atoms with Gasteiger partial charge in [-0.3, -0.25) is 37.3 Å². The van der Waals surface area contributed by atoms with Crippen LogP contribution in [0.3, 0.4) is 0 Å². The maximum Gasteiger partial charge on any atom is 0.472 e. The molecule has 0 heterocycles. The third kappa shape index (κ3) is 76.1. The number of carbonyl (C=O) groups excluding carboxylic acids is 4. The first-order valence-electron chi connectivity index (χ1n) is 42.6. The van der Waals surface area contributed by atoms with E-state index in [1.807, 2.05) is 0 Å². The number of phosphoric ester groups is 2. The van der Waals surface area contributed by atoms with Gasteiger partial charge in [0, 0.05) is 25.7 Å². The number of aliphatic hydroxyl groups is 1. The van der Waals surface area contributed by atoms with Crippen molar-refractivity contribution in [3.63, 3.8) is 0 Å². The number of phosphoric acid groups is 2. The minimum Gasteiger partial charge on any atom is -0.462 e. The first-order valence-corrected chi connectivity index (χ1v) is 45.6. The summed E-state index contributed by atoms with van der Waals surface area (Å²) >= 11 is 0. The summed E-state index contributed by atoms with van der Waals surface area (Å²) in [5, 5.41) is 10.6. The lowest BCUT2D eigenvalue weighted by Crippen LogP contribution is -2.30. The van der Waals surface area contributed by atoms with E-state index in [4.69, 9.17) is 37.0 Å². The van der Waals surface area contributed by atoms with E-state index in [2.05, 4.69) is 34.6 Å². The van der Waals surface area contributed by atoms with Crippen LogP contribution in [0.25, 0.3) is 0 Å². The molecule has 0 rings (SSSR count). The van der Waals surface area contributed by atoms with Gasteiger partial charge < -0.3 is 33.8 Å². The van der Waals surface area contributed by atoms with Crippen LogP contribution in [0.5, 0.6) is 0 Å². The Morgan fingerprint density at radius 3 is 0.673 bits per heavy atom. The normalized spacial score (nSPS) is 13.8. The molecule has 0 aromatic carbocycles. The third-order valence-corrected chi connectivity index (χ3v) is 21.2. The Kier molecular flexibility index (Phi) is 73.5. The summed E-state index contributed by atoms with van der Waals surface area (Å²) in [6.07, 6.45) is 66.6. The summed E-state index contributed by atoms with van der Waals surface area (Å²) in [6, 6.07) is 0. The lowest BCUT2D eigenvalue weighted by Gasteiger charge is -2.21. The van der Waals surface area contributed by atoms with Gasteiger partial charge in [-0.2, -0.15) is 0 Å². The van der Waals surface area contributed by atoms with E-state index in [0.29, 0.717) is 25.7 Å². The van der Waals surface area contributed by atoms with Crippen LogP contribution in [0.2, 0.25) is 0 Å². The van der Waals surface area contributed by atoms with Gasteiger partial charge in [-0.1, -0.05) is 388 Å². The van der Waals surface area contributed by atoms with Gasteiger partial charge in [-0.25, -0.2) is 9.13 Å². The predicted octanol–water partition coefficient (Wildman–Crippen LogP) is 24.8. The number of esters is 4. The second kappa shape index (κ2) is 74.9. The molecule has 600 valence electrons. The molecule has 0 aliphatic heterocycles. The van der Waals surface area contributed by atoms with Crippen molar-refractivity contribution < 1.29 is 80.2 Å². The Morgan fingerprint density at radius 1 is 0.267 bits per heavy atom. The van der Waals surface area contributed by atoms with Gasteiger partial charge in [0.15, 0.2) is 12.2 Å². The molecule has 0 aliphatic rings. The van der Waals surface area contributed by atoms with E-state index in [9.17, 15) is 43.2 Å². The highest BCUT2D eigenvalue weighted by atomic mass is 31.2. The monoisotopic (exact) mass is 1480 g/mol. The van der Waals surface area contributed by atoms with Gasteiger partial charge in [-0.15, -0.1) is 0 Å². The first-order chi connectivity index (χ1) is 49.0. The molecule has 0 saturated heterocycles. The second-order valence-corrected chi connectivity index (χ2v) is 32.9. The average molecular weight is 1480 g/mol. The van der Waals surface area contributed by atoms with Crippen LogP contribution in [-0.4, -0.2) is 96.7 Å². The Labute approximate surface area is 619 Å². The Bertz CT molecular complexity index is 1930. The van der Waals surface area contributed by atoms with E-state index >= 15 is 0 Å². The van der Waals surface area contributed by atoms with Crippen LogP contribution in [-0.2, 0) is 65.4 Å². The van der Waals surface area contributed by atoms with E-state index in [-0.39, 0.29) is 25.7 Å². The van der Waals surface area contributed by atoms with Crippen LogP contribution in [0.15, 0.2) is 0 Å². The molecule has 0 amide bonds. The summed E-state index contributed by atoms with van der Waals surface area (Å²) in [4.78, 5) is 73.0. The molecule has 0 aromatic rings. The largest absolute Gasteiger partial charge is 0.472 e. The molecule has 0 radical (unpaired) electrons. The van der Waals surface area contributed by atoms with Gasteiger partial charge in [-0.05, 0) is 31.6 Å². The lowest BCUT2D eigenvalue weighted by atomic mass is 10.0. The number of rotatable bonds is 82. The van der Waals surface area contributed by atoms with Crippen LogP contribution in [0.4, 0.5) is 0 Å². The SMILES string of the molecule is CCCCCCCCCCCCCCCCCCCCCCCC(=O)O[C@H](COC(=O)CCCCCCCCCCCCCCCCC(C)C)COP(=O)(O)OC[C@@H](O)COP(=O)(O)OC[C@@H](COC(=O)CCCCCCCCCCCCC)OC(=O)CCCCCCCCCCCCCC. The number of hydrogen-bond acceptors (Lipinski definition) is 15. The fourth-order valence-corrected chi connectivity index (χ4v) is 14.3. The summed E-state index contributed by atoms with van der Waals surface area (Å²) in [6.45, 7) is 7.35. The van der Waals surface area contributed by atoms with E-state index < -0.39 is 97.5 Å². The smallest absolute Gasteiger partial charge is 0.462 e. The molecule has 19 heteroatoms. The maximum atomic E-state index is 13.1. The maximum absolute atomic E-state index is 13.1. The molecule has 0 fully saturated rings. The summed E-state index contributed by atoms with van der Waals surface area (Å²) < 4.78 is 68.7. The number of carbonyl (C=O) groups is 4. The molecular formula is C82H160O17P2. The van der Waals surface area contributed by atoms with Crippen molar-refractivity contribution in [3.8, 4) is 0 Å². The fraction of sp³-hybridized carbons (Fsp3) is 0.951. The Balaban J connectivity index is 5.22. The van der Waals surface area contributed by atoms with Crippen molar-refractivity contribution in [2.75, 3.05) is 39.6 Å². The minimum absolute atomic E-state index is 0.108. The number of aliphatic hydroxyl groups excluding tert-OH is 1. The van der Waals surface area contributed by atoms with Gasteiger partial charge in [0.05, 0.1) is 26.4 Å². The van der Waals surface area contributed by atoms with Gasteiger partial charge in [0.25, 0.3) is 0 Å². The molecule has 17 nitrogen and oxygen atoms in total. The molecule has 2 unspecified atom stereocenters.